The van der Waals surface area contributed by atoms with E-state index in [4.69, 9.17) is 4.74 Å². The lowest BCUT2D eigenvalue weighted by atomic mass is 10.1. The fourth-order valence-electron chi connectivity index (χ4n) is 1.54. The Kier molecular flexibility index (Phi) is 11.5. The summed E-state index contributed by atoms with van der Waals surface area (Å²) in [7, 11) is 0. The smallest absolute Gasteiger partial charge is 0.154 e. The molecular formula is C13H26O2. The first-order chi connectivity index (χ1) is 7.31. The summed E-state index contributed by atoms with van der Waals surface area (Å²) in [5.74, 6) is 0. The van der Waals surface area contributed by atoms with Crippen molar-refractivity contribution in [3.8, 4) is 0 Å². The van der Waals surface area contributed by atoms with E-state index < -0.39 is 6.29 Å². The third kappa shape index (κ3) is 11.6. The van der Waals surface area contributed by atoms with Gasteiger partial charge in [-0.3, -0.25) is 0 Å². The highest BCUT2D eigenvalue weighted by atomic mass is 16.6. The predicted octanol–water partition coefficient (Wildman–Crippen LogP) is 3.65. The molecule has 0 radical (unpaired) electrons. The molecule has 0 aliphatic carbocycles. The molecule has 1 unspecified atom stereocenters. The van der Waals surface area contributed by atoms with Gasteiger partial charge in [0, 0.05) is 0 Å². The molecule has 1 N–H and O–H groups in total. The zero-order valence-corrected chi connectivity index (χ0v) is 10.1. The van der Waals surface area contributed by atoms with Gasteiger partial charge in [0.15, 0.2) is 6.29 Å². The molecule has 1 atom stereocenters. The molecule has 15 heavy (non-hydrogen) atoms. The van der Waals surface area contributed by atoms with Crippen LogP contribution in [0.25, 0.3) is 0 Å². The Morgan fingerprint density at radius 1 is 1.13 bits per heavy atom. The third-order valence-corrected chi connectivity index (χ3v) is 2.46. The average Bonchev–Trinajstić information content (AvgIpc) is 2.25. The standard InChI is InChI=1S/C13H26O2/c1-3-5-6-7-8-9-10-11-13(14)15-12-4-2/h4,13-14H,2-3,5-12H2,1H3. The van der Waals surface area contributed by atoms with Crippen molar-refractivity contribution in [2.24, 2.45) is 0 Å². The Balaban J connectivity index is 3.05. The van der Waals surface area contributed by atoms with E-state index in [9.17, 15) is 5.11 Å². The van der Waals surface area contributed by atoms with Crippen molar-refractivity contribution >= 4 is 0 Å². The van der Waals surface area contributed by atoms with Gasteiger partial charge in [0.2, 0.25) is 0 Å². The van der Waals surface area contributed by atoms with Crippen molar-refractivity contribution in [3.05, 3.63) is 12.7 Å². The van der Waals surface area contributed by atoms with E-state index in [1.807, 2.05) is 0 Å². The Morgan fingerprint density at radius 3 is 2.33 bits per heavy atom. The largest absolute Gasteiger partial charge is 0.368 e. The highest BCUT2D eigenvalue weighted by Crippen LogP contribution is 2.10. The van der Waals surface area contributed by atoms with E-state index >= 15 is 0 Å². The summed E-state index contributed by atoms with van der Waals surface area (Å²) in [5, 5.41) is 9.35. The molecule has 2 nitrogen and oxygen atoms in total. The van der Waals surface area contributed by atoms with Gasteiger partial charge >= 0.3 is 0 Å². The monoisotopic (exact) mass is 214 g/mol. The molecule has 0 rings (SSSR count). The van der Waals surface area contributed by atoms with Crippen LogP contribution in [0.2, 0.25) is 0 Å². The zero-order chi connectivity index (χ0) is 11.4. The number of hydrogen-bond donors (Lipinski definition) is 1. The molecule has 0 spiro atoms. The SMILES string of the molecule is C=CCOC(O)CCCCCCCCC. The number of aliphatic hydroxyl groups is 1. The highest BCUT2D eigenvalue weighted by Gasteiger charge is 2.01. The lowest BCUT2D eigenvalue weighted by molar-refractivity contribution is -0.0937. The lowest BCUT2D eigenvalue weighted by Gasteiger charge is -2.09. The Labute approximate surface area is 94.3 Å². The van der Waals surface area contributed by atoms with Gasteiger partial charge in [0.1, 0.15) is 0 Å². The minimum absolute atomic E-state index is 0.442. The molecule has 0 amide bonds. The van der Waals surface area contributed by atoms with Crippen LogP contribution >= 0.6 is 0 Å². The van der Waals surface area contributed by atoms with E-state index in [-0.39, 0.29) is 0 Å². The lowest BCUT2D eigenvalue weighted by Crippen LogP contribution is -2.11. The van der Waals surface area contributed by atoms with Crippen LogP contribution in [0.5, 0.6) is 0 Å². The second-order valence-corrected chi connectivity index (χ2v) is 3.99. The fourth-order valence-corrected chi connectivity index (χ4v) is 1.54. The van der Waals surface area contributed by atoms with Gasteiger partial charge in [-0.15, -0.1) is 6.58 Å². The van der Waals surface area contributed by atoms with Crippen LogP contribution in [0.4, 0.5) is 0 Å². The van der Waals surface area contributed by atoms with Crippen LogP contribution in [0.1, 0.15) is 58.3 Å². The normalized spacial score (nSPS) is 12.7. The molecule has 0 aromatic rings. The maximum atomic E-state index is 9.35. The minimum Gasteiger partial charge on any atom is -0.368 e. The van der Waals surface area contributed by atoms with Gasteiger partial charge in [-0.25, -0.2) is 0 Å². The maximum absolute atomic E-state index is 9.35. The average molecular weight is 214 g/mol. The molecule has 0 aliphatic heterocycles. The third-order valence-electron chi connectivity index (χ3n) is 2.46. The fraction of sp³-hybridized carbons (Fsp3) is 0.846. The molecule has 0 heterocycles. The van der Waals surface area contributed by atoms with Crippen LogP contribution in [0, 0.1) is 0 Å². The number of hydrogen-bond acceptors (Lipinski definition) is 2. The summed E-state index contributed by atoms with van der Waals surface area (Å²) in [4.78, 5) is 0. The van der Waals surface area contributed by atoms with Crippen LogP contribution in [0.15, 0.2) is 12.7 Å². The van der Waals surface area contributed by atoms with Gasteiger partial charge in [0.05, 0.1) is 6.61 Å². The van der Waals surface area contributed by atoms with Gasteiger partial charge < -0.3 is 9.84 Å². The summed E-state index contributed by atoms with van der Waals surface area (Å²) in [6, 6.07) is 0. The number of rotatable bonds is 11. The highest BCUT2D eigenvalue weighted by molar-refractivity contribution is 4.64. The quantitative estimate of drug-likeness (QED) is 0.323. The second kappa shape index (κ2) is 11.7. The summed E-state index contributed by atoms with van der Waals surface area (Å²) in [5.41, 5.74) is 0. The van der Waals surface area contributed by atoms with Gasteiger partial charge in [-0.2, -0.15) is 0 Å². The van der Waals surface area contributed by atoms with Gasteiger partial charge in [0.25, 0.3) is 0 Å². The number of aliphatic hydroxyl groups excluding tert-OH is 1. The molecule has 0 aromatic carbocycles. The Bertz CT molecular complexity index is 134. The van der Waals surface area contributed by atoms with Crippen LogP contribution in [0.3, 0.4) is 0 Å². The molecule has 2 heteroatoms. The molecule has 0 fully saturated rings. The summed E-state index contributed by atoms with van der Waals surface area (Å²) < 4.78 is 5.07. The van der Waals surface area contributed by atoms with E-state index in [1.165, 1.54) is 38.5 Å². The topological polar surface area (TPSA) is 29.5 Å². The van der Waals surface area contributed by atoms with E-state index in [1.54, 1.807) is 6.08 Å². The minimum atomic E-state index is -0.598. The van der Waals surface area contributed by atoms with Crippen molar-refractivity contribution in [1.29, 1.82) is 0 Å². The van der Waals surface area contributed by atoms with Crippen LogP contribution in [-0.4, -0.2) is 18.0 Å². The second-order valence-electron chi connectivity index (χ2n) is 3.99. The first-order valence-corrected chi connectivity index (χ1v) is 6.21. The van der Waals surface area contributed by atoms with E-state index in [0.29, 0.717) is 6.61 Å². The molecule has 0 saturated carbocycles. The molecule has 0 bridgehead atoms. The van der Waals surface area contributed by atoms with Crippen molar-refractivity contribution in [2.45, 2.75) is 64.6 Å². The number of ether oxygens (including phenoxy) is 1. The zero-order valence-electron chi connectivity index (χ0n) is 10.1. The summed E-state index contributed by atoms with van der Waals surface area (Å²) >= 11 is 0. The molecule has 0 aliphatic rings. The summed E-state index contributed by atoms with van der Waals surface area (Å²) in [6.07, 6.45) is 10.7. The van der Waals surface area contributed by atoms with E-state index in [0.717, 1.165) is 12.8 Å². The first-order valence-electron chi connectivity index (χ1n) is 6.21. The molecular weight excluding hydrogens is 188 g/mol. The Hall–Kier alpha value is -0.340. The van der Waals surface area contributed by atoms with Crippen LogP contribution < -0.4 is 0 Å². The Morgan fingerprint density at radius 2 is 1.73 bits per heavy atom. The first kappa shape index (κ1) is 14.7. The molecule has 0 aromatic heterocycles. The van der Waals surface area contributed by atoms with E-state index in [2.05, 4.69) is 13.5 Å². The molecule has 90 valence electrons. The predicted molar refractivity (Wildman–Crippen MR) is 64.8 cm³/mol. The van der Waals surface area contributed by atoms with Crippen LogP contribution in [-0.2, 0) is 4.74 Å². The van der Waals surface area contributed by atoms with Crippen molar-refractivity contribution in [1.82, 2.24) is 0 Å². The van der Waals surface area contributed by atoms with Gasteiger partial charge in [-0.1, -0.05) is 51.5 Å². The maximum Gasteiger partial charge on any atom is 0.154 e. The van der Waals surface area contributed by atoms with Crippen molar-refractivity contribution in [2.75, 3.05) is 6.61 Å². The number of unbranched alkanes of at least 4 members (excludes halogenated alkanes) is 6. The summed E-state index contributed by atoms with van der Waals surface area (Å²) in [6.45, 7) is 6.21. The van der Waals surface area contributed by atoms with Crippen molar-refractivity contribution < 1.29 is 9.84 Å². The van der Waals surface area contributed by atoms with Gasteiger partial charge in [-0.05, 0) is 12.8 Å². The van der Waals surface area contributed by atoms with Crippen molar-refractivity contribution in [3.63, 3.8) is 0 Å². The molecule has 0 saturated heterocycles.